The van der Waals surface area contributed by atoms with Crippen molar-refractivity contribution in [3.8, 4) is 11.1 Å². The van der Waals surface area contributed by atoms with Crippen molar-refractivity contribution in [2.45, 2.75) is 71.0 Å². The van der Waals surface area contributed by atoms with Crippen LogP contribution in [0.2, 0.25) is 0 Å². The van der Waals surface area contributed by atoms with Gasteiger partial charge >= 0.3 is 24.8 Å². The number of carbonyl (C=O) groups is 2. The van der Waals surface area contributed by atoms with E-state index in [9.17, 15) is 14.7 Å². The van der Waals surface area contributed by atoms with Crippen LogP contribution in [-0.2, 0) is 17.9 Å². The number of nitrogens with one attached hydrogen (secondary N) is 1. The molecule has 1 amide bonds. The minimum absolute atomic E-state index is 0. The first-order chi connectivity index (χ1) is 19.9. The summed E-state index contributed by atoms with van der Waals surface area (Å²) in [7, 11) is 0. The Balaban J connectivity index is 0.00000323. The van der Waals surface area contributed by atoms with Crippen molar-refractivity contribution in [2.75, 3.05) is 18.6 Å². The minimum Gasteiger partial charge on any atom is -1.00 e. The van der Waals surface area contributed by atoms with Crippen molar-refractivity contribution >= 4 is 23.6 Å². The van der Waals surface area contributed by atoms with Crippen LogP contribution in [0.1, 0.15) is 73.4 Å². The van der Waals surface area contributed by atoms with Crippen LogP contribution in [0.3, 0.4) is 0 Å². The molecule has 1 aliphatic carbocycles. The Morgan fingerprint density at radius 3 is 2.33 bits per heavy atom. The molecule has 1 unspecified atom stereocenters. The molecule has 0 aromatic heterocycles. The van der Waals surface area contributed by atoms with E-state index >= 15 is 0 Å². The van der Waals surface area contributed by atoms with E-state index in [0.29, 0.717) is 17.7 Å². The van der Waals surface area contributed by atoms with Crippen molar-refractivity contribution in [1.82, 2.24) is 10.2 Å². The van der Waals surface area contributed by atoms with Crippen molar-refractivity contribution in [3.63, 3.8) is 0 Å². The summed E-state index contributed by atoms with van der Waals surface area (Å²) in [5.41, 5.74) is 5.88. The van der Waals surface area contributed by atoms with Crippen LogP contribution in [0.5, 0.6) is 0 Å². The first-order valence-corrected chi connectivity index (χ1v) is 16.3. The topological polar surface area (TPSA) is 69.6 Å². The van der Waals surface area contributed by atoms with E-state index in [1.54, 1.807) is 11.8 Å². The zero-order chi connectivity index (χ0) is 29.0. The van der Waals surface area contributed by atoms with Gasteiger partial charge in [0.05, 0.1) is 0 Å². The predicted molar refractivity (Wildman–Crippen MR) is 171 cm³/mol. The van der Waals surface area contributed by atoms with Crippen LogP contribution in [0.25, 0.3) is 11.1 Å². The standard InChI is InChI=1S/C35H44N2O3S.Li.H/c1-26-11-9-10-16-30(26)32-23-29(17-18-31(32)34(38)36-33(35(39)40)20-22-41-2)25-37(24-28-14-7-4-8-15-28)21-19-27-12-5-3-6-13-27;;/h4,7-11,14-18,23,27,33H,3,5-6,12-13,19-22,24-25H2,1-2H3,(H,36,38)(H,39,40);;/q;+1;-1. The number of thioether (sulfide) groups is 1. The molecular formula is C35H45LiN2O3S. The van der Waals surface area contributed by atoms with Gasteiger partial charge in [-0.3, -0.25) is 9.69 Å². The molecule has 42 heavy (non-hydrogen) atoms. The predicted octanol–water partition coefficient (Wildman–Crippen LogP) is 4.69. The third kappa shape index (κ3) is 10.1. The van der Waals surface area contributed by atoms with Gasteiger partial charge in [-0.2, -0.15) is 11.8 Å². The van der Waals surface area contributed by atoms with E-state index in [1.165, 1.54) is 44.1 Å². The number of amides is 1. The van der Waals surface area contributed by atoms with E-state index < -0.39 is 12.0 Å². The summed E-state index contributed by atoms with van der Waals surface area (Å²) < 4.78 is 0. The number of nitrogens with zero attached hydrogens (tertiary/aromatic N) is 1. The second-order valence-electron chi connectivity index (χ2n) is 11.3. The van der Waals surface area contributed by atoms with Crippen LogP contribution in [0.4, 0.5) is 0 Å². The Labute approximate surface area is 269 Å². The molecule has 5 nitrogen and oxygen atoms in total. The zero-order valence-corrected chi connectivity index (χ0v) is 26.3. The molecule has 3 aromatic carbocycles. The van der Waals surface area contributed by atoms with Gasteiger partial charge in [-0.25, -0.2) is 4.79 Å². The molecule has 1 saturated carbocycles. The number of aryl methyl sites for hydroxylation is 1. The Morgan fingerprint density at radius 2 is 1.64 bits per heavy atom. The van der Waals surface area contributed by atoms with Gasteiger partial charge in [-0.15, -0.1) is 0 Å². The zero-order valence-electron chi connectivity index (χ0n) is 26.5. The summed E-state index contributed by atoms with van der Waals surface area (Å²) in [5.74, 6) is 0.125. The van der Waals surface area contributed by atoms with E-state index in [1.807, 2.05) is 49.6 Å². The molecule has 4 rings (SSSR count). The van der Waals surface area contributed by atoms with Gasteiger partial charge in [0, 0.05) is 18.7 Å². The van der Waals surface area contributed by atoms with E-state index in [4.69, 9.17) is 0 Å². The maximum atomic E-state index is 13.5. The van der Waals surface area contributed by atoms with Crippen molar-refractivity contribution in [2.24, 2.45) is 5.92 Å². The molecule has 0 spiro atoms. The molecular weight excluding hydrogens is 535 g/mol. The molecule has 1 fully saturated rings. The fourth-order valence-corrected chi connectivity index (χ4v) is 6.34. The third-order valence-corrected chi connectivity index (χ3v) is 8.86. The Hall–Kier alpha value is -2.49. The van der Waals surface area contributed by atoms with Gasteiger partial charge in [0.2, 0.25) is 0 Å². The van der Waals surface area contributed by atoms with Crippen LogP contribution < -0.4 is 24.2 Å². The second kappa shape index (κ2) is 17.6. The van der Waals surface area contributed by atoms with Crippen LogP contribution in [0, 0.1) is 12.8 Å². The number of carboxylic acids is 1. The Kier molecular flexibility index (Phi) is 14.2. The number of carboxylic acid groups (broad SMARTS) is 1. The first-order valence-electron chi connectivity index (χ1n) is 14.9. The average Bonchev–Trinajstić information content (AvgIpc) is 2.99. The molecule has 1 aliphatic rings. The van der Waals surface area contributed by atoms with Crippen molar-refractivity contribution in [3.05, 3.63) is 95.1 Å². The van der Waals surface area contributed by atoms with Crippen LogP contribution in [-0.4, -0.2) is 46.5 Å². The van der Waals surface area contributed by atoms with Gasteiger partial charge in [0.15, 0.2) is 0 Å². The molecule has 0 radical (unpaired) electrons. The van der Waals surface area contributed by atoms with E-state index in [2.05, 4.69) is 46.6 Å². The summed E-state index contributed by atoms with van der Waals surface area (Å²) in [6.07, 6.45) is 10.3. The molecule has 7 heteroatoms. The minimum atomic E-state index is -1.00. The summed E-state index contributed by atoms with van der Waals surface area (Å²) >= 11 is 1.57. The largest absolute Gasteiger partial charge is 1.00 e. The molecule has 2 N–H and O–H groups in total. The normalized spacial score (nSPS) is 14.3. The number of aliphatic carboxylic acids is 1. The number of hydrogen-bond donors (Lipinski definition) is 2. The molecule has 3 aromatic rings. The third-order valence-electron chi connectivity index (χ3n) is 8.21. The van der Waals surface area contributed by atoms with Crippen molar-refractivity contribution in [1.29, 1.82) is 0 Å². The van der Waals surface area contributed by atoms with Gasteiger partial charge in [-0.05, 0) is 84.2 Å². The first kappa shape index (κ1) is 34.0. The van der Waals surface area contributed by atoms with Gasteiger partial charge in [0.1, 0.15) is 6.04 Å². The molecule has 0 saturated heterocycles. The molecule has 1 atom stereocenters. The number of rotatable bonds is 14. The van der Waals surface area contributed by atoms with Gasteiger partial charge < -0.3 is 11.8 Å². The smallest absolute Gasteiger partial charge is 1.00 e. The quantitative estimate of drug-likeness (QED) is 0.271. The monoisotopic (exact) mass is 580 g/mol. The molecule has 0 aliphatic heterocycles. The fraction of sp³-hybridized carbons (Fsp3) is 0.429. The van der Waals surface area contributed by atoms with Crippen LogP contribution in [0.15, 0.2) is 72.8 Å². The second-order valence-corrected chi connectivity index (χ2v) is 12.3. The number of benzene rings is 3. The molecule has 220 valence electrons. The maximum absolute atomic E-state index is 13.5. The maximum Gasteiger partial charge on any atom is 1.00 e. The number of hydrogen-bond acceptors (Lipinski definition) is 4. The molecule has 0 bridgehead atoms. The fourth-order valence-electron chi connectivity index (χ4n) is 5.87. The van der Waals surface area contributed by atoms with Gasteiger partial charge in [0.25, 0.3) is 5.91 Å². The van der Waals surface area contributed by atoms with Gasteiger partial charge in [-0.1, -0.05) is 92.8 Å². The summed E-state index contributed by atoms with van der Waals surface area (Å²) in [6.45, 7) is 4.75. The Morgan fingerprint density at radius 1 is 0.952 bits per heavy atom. The van der Waals surface area contributed by atoms with Crippen molar-refractivity contribution < 1.29 is 35.0 Å². The SMILES string of the molecule is CSCCC(NC(=O)c1ccc(CN(CCC2CCCCC2)Cc2ccccc2)cc1-c1ccccc1C)C(=O)O.[H-].[Li+]. The summed E-state index contributed by atoms with van der Waals surface area (Å²) in [6, 6.07) is 23.8. The number of carbonyl (C=O) groups excluding carboxylic acids is 1. The summed E-state index contributed by atoms with van der Waals surface area (Å²) in [4.78, 5) is 27.9. The summed E-state index contributed by atoms with van der Waals surface area (Å²) in [5, 5.41) is 12.5. The Bertz CT molecular complexity index is 1290. The van der Waals surface area contributed by atoms with Crippen LogP contribution >= 0.6 is 11.8 Å². The van der Waals surface area contributed by atoms with E-state index in [-0.39, 0.29) is 26.2 Å². The molecule has 0 heterocycles. The van der Waals surface area contributed by atoms with E-state index in [0.717, 1.165) is 47.8 Å². The average molecular weight is 581 g/mol.